The minimum absolute atomic E-state index is 0.0143. The monoisotopic (exact) mass is 283 g/mol. The summed E-state index contributed by atoms with van der Waals surface area (Å²) in [4.78, 5) is 14.8. The van der Waals surface area contributed by atoms with Crippen LogP contribution in [0, 0.1) is 0 Å². The molecule has 1 aliphatic heterocycles. The van der Waals surface area contributed by atoms with E-state index in [1.54, 1.807) is 0 Å². The molecule has 1 aromatic heterocycles. The maximum Gasteiger partial charge on any atom is 0.243 e. The molecule has 0 radical (unpaired) electrons. The van der Waals surface area contributed by atoms with E-state index in [9.17, 15) is 5.11 Å². The highest BCUT2D eigenvalue weighted by molar-refractivity contribution is 5.43. The van der Waals surface area contributed by atoms with Gasteiger partial charge in [0.25, 0.3) is 0 Å². The van der Waals surface area contributed by atoms with Gasteiger partial charge in [-0.15, -0.1) is 0 Å². The van der Waals surface area contributed by atoms with E-state index in [0.717, 1.165) is 19.5 Å². The van der Waals surface area contributed by atoms with Crippen LogP contribution in [0.15, 0.2) is 0 Å². The Kier molecular flexibility index (Phi) is 5.27. The minimum Gasteiger partial charge on any atom is -0.394 e. The second-order valence-corrected chi connectivity index (χ2v) is 4.46. The molecule has 1 saturated heterocycles. The Hall–Kier alpha value is -1.71. The van der Waals surface area contributed by atoms with Crippen LogP contribution in [0.3, 0.4) is 0 Å². The van der Waals surface area contributed by atoms with Crippen molar-refractivity contribution >= 4 is 17.8 Å². The number of morpholine rings is 1. The molecule has 5 N–H and O–H groups in total. The first kappa shape index (κ1) is 14.7. The van der Waals surface area contributed by atoms with Gasteiger partial charge in [0.05, 0.1) is 25.9 Å². The molecule has 2 heterocycles. The maximum absolute atomic E-state index is 9.23. The normalized spacial score (nSPS) is 16.9. The number of aliphatic hydroxyl groups excluding tert-OH is 1. The van der Waals surface area contributed by atoms with Crippen LogP contribution >= 0.6 is 0 Å². The van der Waals surface area contributed by atoms with Gasteiger partial charge in [-0.1, -0.05) is 6.92 Å². The van der Waals surface area contributed by atoms with E-state index in [1.165, 1.54) is 0 Å². The first-order valence-electron chi connectivity index (χ1n) is 6.69. The van der Waals surface area contributed by atoms with Gasteiger partial charge < -0.3 is 20.1 Å². The average Bonchev–Trinajstić information content (AvgIpc) is 2.53. The number of hydrogen-bond donors (Lipinski definition) is 4. The number of aromatic nitrogens is 3. The van der Waals surface area contributed by atoms with Crippen LogP contribution in [0.1, 0.15) is 13.3 Å². The van der Waals surface area contributed by atoms with Gasteiger partial charge in [-0.25, -0.2) is 5.84 Å². The zero-order chi connectivity index (χ0) is 14.4. The molecule has 20 heavy (non-hydrogen) atoms. The molecule has 2 rings (SSSR count). The van der Waals surface area contributed by atoms with Crippen LogP contribution in [-0.4, -0.2) is 59.0 Å². The number of anilines is 3. The van der Waals surface area contributed by atoms with Gasteiger partial charge in [0.1, 0.15) is 0 Å². The van der Waals surface area contributed by atoms with Gasteiger partial charge >= 0.3 is 0 Å². The molecule has 9 nitrogen and oxygen atoms in total. The summed E-state index contributed by atoms with van der Waals surface area (Å²) in [7, 11) is 0. The van der Waals surface area contributed by atoms with Crippen molar-refractivity contribution in [1.29, 1.82) is 0 Å². The van der Waals surface area contributed by atoms with E-state index in [-0.39, 0.29) is 18.6 Å². The third-order valence-corrected chi connectivity index (χ3v) is 3.09. The van der Waals surface area contributed by atoms with Crippen molar-refractivity contribution in [3.05, 3.63) is 0 Å². The molecule has 1 fully saturated rings. The fourth-order valence-electron chi connectivity index (χ4n) is 1.86. The largest absolute Gasteiger partial charge is 0.394 e. The Morgan fingerprint density at radius 1 is 1.30 bits per heavy atom. The van der Waals surface area contributed by atoms with Gasteiger partial charge in [-0.05, 0) is 6.42 Å². The highest BCUT2D eigenvalue weighted by atomic mass is 16.5. The Balaban J connectivity index is 2.18. The standard InChI is InChI=1S/C11H21N7O2/c1-2-8(7-19)13-9-14-10(17-12)16-11(15-9)18-3-5-20-6-4-18/h8,19H,2-7,12H2,1H3,(H2,13,14,15,16,17). The lowest BCUT2D eigenvalue weighted by Gasteiger charge is -2.27. The smallest absolute Gasteiger partial charge is 0.243 e. The fourth-order valence-corrected chi connectivity index (χ4v) is 1.86. The maximum atomic E-state index is 9.23. The summed E-state index contributed by atoms with van der Waals surface area (Å²) in [5.74, 6) is 6.62. The van der Waals surface area contributed by atoms with Crippen molar-refractivity contribution in [2.45, 2.75) is 19.4 Å². The lowest BCUT2D eigenvalue weighted by Crippen LogP contribution is -2.38. The SMILES string of the molecule is CCC(CO)Nc1nc(NN)nc(N2CCOCC2)n1. The molecular formula is C11H21N7O2. The third-order valence-electron chi connectivity index (χ3n) is 3.09. The highest BCUT2D eigenvalue weighted by Crippen LogP contribution is 2.15. The van der Waals surface area contributed by atoms with Crippen LogP contribution in [-0.2, 0) is 4.74 Å². The summed E-state index contributed by atoms with van der Waals surface area (Å²) < 4.78 is 5.31. The number of rotatable bonds is 6. The molecule has 1 aromatic rings. The molecule has 0 spiro atoms. The molecule has 0 amide bonds. The number of hydrogen-bond acceptors (Lipinski definition) is 9. The van der Waals surface area contributed by atoms with Crippen LogP contribution in [0.4, 0.5) is 17.8 Å². The van der Waals surface area contributed by atoms with E-state index in [4.69, 9.17) is 10.6 Å². The second kappa shape index (κ2) is 7.17. The number of nitrogens with zero attached hydrogens (tertiary/aromatic N) is 4. The number of nitrogens with two attached hydrogens (primary N) is 1. The zero-order valence-electron chi connectivity index (χ0n) is 11.5. The van der Waals surface area contributed by atoms with Crippen molar-refractivity contribution in [2.75, 3.05) is 48.6 Å². The lowest BCUT2D eigenvalue weighted by molar-refractivity contribution is 0.122. The van der Waals surface area contributed by atoms with E-state index < -0.39 is 0 Å². The average molecular weight is 283 g/mol. The van der Waals surface area contributed by atoms with Gasteiger partial charge in [0.15, 0.2) is 0 Å². The summed E-state index contributed by atoms with van der Waals surface area (Å²) in [5.41, 5.74) is 2.43. The van der Waals surface area contributed by atoms with Crippen molar-refractivity contribution in [3.8, 4) is 0 Å². The molecule has 0 bridgehead atoms. The van der Waals surface area contributed by atoms with Crippen molar-refractivity contribution in [2.24, 2.45) is 5.84 Å². The molecule has 1 unspecified atom stereocenters. The highest BCUT2D eigenvalue weighted by Gasteiger charge is 2.17. The van der Waals surface area contributed by atoms with Crippen LogP contribution in [0.2, 0.25) is 0 Å². The molecule has 0 saturated carbocycles. The van der Waals surface area contributed by atoms with Crippen LogP contribution in [0.25, 0.3) is 0 Å². The predicted octanol–water partition coefficient (Wildman–Crippen LogP) is -0.823. The van der Waals surface area contributed by atoms with E-state index in [2.05, 4.69) is 25.7 Å². The van der Waals surface area contributed by atoms with Crippen molar-refractivity contribution in [3.63, 3.8) is 0 Å². The summed E-state index contributed by atoms with van der Waals surface area (Å²) in [6.45, 7) is 4.73. The van der Waals surface area contributed by atoms with E-state index >= 15 is 0 Å². The summed E-state index contributed by atoms with van der Waals surface area (Å²) in [5, 5.41) is 12.3. The number of hydrazine groups is 1. The second-order valence-electron chi connectivity index (χ2n) is 4.46. The Morgan fingerprint density at radius 3 is 2.60 bits per heavy atom. The molecule has 112 valence electrons. The molecule has 1 atom stereocenters. The first-order chi connectivity index (χ1) is 9.76. The molecule has 9 heteroatoms. The number of nitrogen functional groups attached to an aromatic ring is 1. The van der Waals surface area contributed by atoms with E-state index in [0.29, 0.717) is 25.1 Å². The van der Waals surface area contributed by atoms with Gasteiger partial charge in [0, 0.05) is 13.1 Å². The minimum atomic E-state index is -0.0967. The molecule has 1 aliphatic rings. The summed E-state index contributed by atoms with van der Waals surface area (Å²) in [6.07, 6.45) is 0.764. The van der Waals surface area contributed by atoms with Gasteiger partial charge in [-0.2, -0.15) is 15.0 Å². The van der Waals surface area contributed by atoms with Gasteiger partial charge in [-0.3, -0.25) is 5.43 Å². The van der Waals surface area contributed by atoms with Crippen LogP contribution in [0.5, 0.6) is 0 Å². The number of aliphatic hydroxyl groups is 1. The quantitative estimate of drug-likeness (QED) is 0.391. The fraction of sp³-hybridized carbons (Fsp3) is 0.727. The van der Waals surface area contributed by atoms with Crippen molar-refractivity contribution in [1.82, 2.24) is 15.0 Å². The Bertz CT molecular complexity index is 421. The van der Waals surface area contributed by atoms with Crippen molar-refractivity contribution < 1.29 is 9.84 Å². The lowest BCUT2D eigenvalue weighted by atomic mass is 10.2. The summed E-state index contributed by atoms with van der Waals surface area (Å²) in [6, 6.07) is -0.0967. The molecular weight excluding hydrogens is 262 g/mol. The predicted molar refractivity (Wildman–Crippen MR) is 75.5 cm³/mol. The first-order valence-corrected chi connectivity index (χ1v) is 6.69. The Labute approximate surface area is 117 Å². The summed E-state index contributed by atoms with van der Waals surface area (Å²) >= 11 is 0. The zero-order valence-corrected chi connectivity index (χ0v) is 11.5. The topological polar surface area (TPSA) is 121 Å². The third kappa shape index (κ3) is 3.65. The van der Waals surface area contributed by atoms with Crippen LogP contribution < -0.4 is 21.5 Å². The number of nitrogens with one attached hydrogen (secondary N) is 2. The molecule has 0 aliphatic carbocycles. The number of ether oxygens (including phenoxy) is 1. The Morgan fingerprint density at radius 2 is 2.00 bits per heavy atom. The van der Waals surface area contributed by atoms with Gasteiger partial charge in [0.2, 0.25) is 17.8 Å². The molecule has 0 aromatic carbocycles. The van der Waals surface area contributed by atoms with E-state index in [1.807, 2.05) is 11.8 Å².